The van der Waals surface area contributed by atoms with Gasteiger partial charge in [0.15, 0.2) is 0 Å². The Bertz CT molecular complexity index is 588. The van der Waals surface area contributed by atoms with Crippen molar-refractivity contribution >= 4 is 17.4 Å². The topological polar surface area (TPSA) is 66.3 Å². The number of aliphatic hydroxyl groups excluding tert-OH is 1. The minimum Gasteiger partial charge on any atom is -0.388 e. The smallest absolute Gasteiger partial charge is 0.267 e. The van der Waals surface area contributed by atoms with E-state index < -0.39 is 6.10 Å². The lowest BCUT2D eigenvalue weighted by atomic mass is 10.0. The highest BCUT2D eigenvalue weighted by molar-refractivity contribution is 7.07. The second-order valence-corrected chi connectivity index (χ2v) is 6.02. The van der Waals surface area contributed by atoms with Gasteiger partial charge in [-0.2, -0.15) is 0 Å². The van der Waals surface area contributed by atoms with Crippen LogP contribution in [0, 0.1) is 0 Å². The van der Waals surface area contributed by atoms with Crippen LogP contribution in [0.2, 0.25) is 0 Å². The van der Waals surface area contributed by atoms with Crippen LogP contribution in [0.5, 0.6) is 0 Å². The van der Waals surface area contributed by atoms with Crippen molar-refractivity contribution < 1.29 is 9.90 Å². The highest BCUT2D eigenvalue weighted by Crippen LogP contribution is 2.28. The van der Waals surface area contributed by atoms with Gasteiger partial charge >= 0.3 is 0 Å². The van der Waals surface area contributed by atoms with E-state index >= 15 is 0 Å². The first-order chi connectivity index (χ1) is 10.3. The number of carbonyl (C=O) groups excluding carboxylic acids is 1. The van der Waals surface area contributed by atoms with Crippen molar-refractivity contribution in [2.75, 3.05) is 6.54 Å². The Balaban J connectivity index is 1.68. The van der Waals surface area contributed by atoms with E-state index in [-0.39, 0.29) is 11.9 Å². The first-order valence-electron chi connectivity index (χ1n) is 7.07. The maximum Gasteiger partial charge on any atom is 0.267 e. The van der Waals surface area contributed by atoms with E-state index in [1.54, 1.807) is 0 Å². The van der Waals surface area contributed by atoms with Gasteiger partial charge in [0.05, 0.1) is 12.3 Å². The normalized spacial score (nSPS) is 19.7. The monoisotopic (exact) mass is 303 g/mol. The van der Waals surface area contributed by atoms with Crippen molar-refractivity contribution in [3.63, 3.8) is 0 Å². The Hall–Kier alpha value is -1.79. The summed E-state index contributed by atoms with van der Waals surface area (Å²) in [5, 5.41) is 14.1. The van der Waals surface area contributed by atoms with Crippen molar-refractivity contribution in [1.82, 2.24) is 14.5 Å². The molecule has 1 aromatic carbocycles. The molecule has 1 amide bonds. The largest absolute Gasteiger partial charge is 0.388 e. The molecule has 2 unspecified atom stereocenters. The second-order valence-electron chi connectivity index (χ2n) is 5.24. The molecule has 1 fully saturated rings. The molecule has 3 rings (SSSR count). The van der Waals surface area contributed by atoms with E-state index in [0.29, 0.717) is 11.3 Å². The van der Waals surface area contributed by atoms with Crippen molar-refractivity contribution in [1.29, 1.82) is 0 Å². The predicted molar refractivity (Wildman–Crippen MR) is 80.0 cm³/mol. The van der Waals surface area contributed by atoms with Gasteiger partial charge in [-0.05, 0) is 36.4 Å². The number of amides is 1. The van der Waals surface area contributed by atoms with Crippen molar-refractivity contribution in [3.8, 4) is 0 Å². The number of likely N-dealkylation sites (tertiary alicyclic amines) is 1. The molecule has 21 heavy (non-hydrogen) atoms. The van der Waals surface area contributed by atoms with Crippen molar-refractivity contribution in [2.24, 2.45) is 0 Å². The Kier molecular flexibility index (Phi) is 4.26. The van der Waals surface area contributed by atoms with Crippen LogP contribution in [-0.4, -0.2) is 38.1 Å². The average Bonchev–Trinajstić information content (AvgIpc) is 3.19. The highest BCUT2D eigenvalue weighted by Gasteiger charge is 2.32. The lowest BCUT2D eigenvalue weighted by molar-refractivity contribution is 0.0671. The number of benzene rings is 1. The first kappa shape index (κ1) is 14.2. The summed E-state index contributed by atoms with van der Waals surface area (Å²) in [5.41, 5.74) is 0.899. The molecule has 0 aliphatic carbocycles. The zero-order valence-electron chi connectivity index (χ0n) is 11.6. The summed E-state index contributed by atoms with van der Waals surface area (Å²) in [4.78, 5) is 14.8. The summed E-state index contributed by atoms with van der Waals surface area (Å²) >= 11 is 1.12. The summed E-state index contributed by atoms with van der Waals surface area (Å²) in [6.45, 7) is 0.739. The molecule has 1 aliphatic rings. The Morgan fingerprint density at radius 3 is 2.95 bits per heavy atom. The van der Waals surface area contributed by atoms with E-state index in [9.17, 15) is 9.90 Å². The molecule has 0 radical (unpaired) electrons. The zero-order chi connectivity index (χ0) is 14.7. The number of aliphatic hydroxyl groups is 1. The van der Waals surface area contributed by atoms with Crippen LogP contribution in [0.1, 0.15) is 40.6 Å². The van der Waals surface area contributed by atoms with Gasteiger partial charge in [-0.1, -0.05) is 34.8 Å². The maximum atomic E-state index is 12.4. The highest BCUT2D eigenvalue weighted by atomic mass is 32.1. The van der Waals surface area contributed by atoms with Gasteiger partial charge in [0, 0.05) is 12.6 Å². The fourth-order valence-electron chi connectivity index (χ4n) is 2.82. The Morgan fingerprint density at radius 1 is 1.43 bits per heavy atom. The summed E-state index contributed by atoms with van der Waals surface area (Å²) in [7, 11) is 0. The molecule has 1 N–H and O–H groups in total. The standard InChI is InChI=1S/C15H17N3O2S/c19-13(11-5-2-1-3-6-11)9-12-7-4-8-18(12)15(20)14-10-16-17-21-14/h1-3,5-6,10,12-13,19H,4,7-9H2. The molecular formula is C15H17N3O2S. The lowest BCUT2D eigenvalue weighted by Crippen LogP contribution is -2.36. The summed E-state index contributed by atoms with van der Waals surface area (Å²) in [5.74, 6) is -0.0206. The SMILES string of the molecule is O=C(c1cnns1)N1CCCC1CC(O)c1ccccc1. The van der Waals surface area contributed by atoms with Gasteiger partial charge in [-0.3, -0.25) is 4.79 Å². The van der Waals surface area contributed by atoms with Gasteiger partial charge in [-0.25, -0.2) is 0 Å². The molecule has 1 aliphatic heterocycles. The minimum atomic E-state index is -0.538. The van der Waals surface area contributed by atoms with Crippen LogP contribution in [0.15, 0.2) is 36.5 Å². The fraction of sp³-hybridized carbons (Fsp3) is 0.400. The third-order valence-corrected chi connectivity index (χ3v) is 4.54. The summed E-state index contributed by atoms with van der Waals surface area (Å²) in [6.07, 6.45) is 3.45. The number of rotatable bonds is 4. The zero-order valence-corrected chi connectivity index (χ0v) is 12.4. The van der Waals surface area contributed by atoms with Crippen LogP contribution >= 0.6 is 11.5 Å². The fourth-order valence-corrected chi connectivity index (χ4v) is 3.29. The van der Waals surface area contributed by atoms with Crippen molar-refractivity contribution in [3.05, 3.63) is 47.0 Å². The van der Waals surface area contributed by atoms with Gasteiger partial charge in [-0.15, -0.1) is 5.10 Å². The van der Waals surface area contributed by atoms with Crippen molar-refractivity contribution in [2.45, 2.75) is 31.4 Å². The van der Waals surface area contributed by atoms with Gasteiger partial charge in [0.2, 0.25) is 0 Å². The van der Waals surface area contributed by atoms with Crippen LogP contribution in [0.25, 0.3) is 0 Å². The number of nitrogens with zero attached hydrogens (tertiary/aromatic N) is 3. The molecular weight excluding hydrogens is 286 g/mol. The molecule has 6 heteroatoms. The lowest BCUT2D eigenvalue weighted by Gasteiger charge is -2.26. The van der Waals surface area contributed by atoms with E-state index in [1.807, 2.05) is 35.2 Å². The predicted octanol–water partition coefficient (Wildman–Crippen LogP) is 2.27. The number of carbonyl (C=O) groups is 1. The molecule has 0 saturated carbocycles. The molecule has 2 heterocycles. The van der Waals surface area contributed by atoms with Crippen LogP contribution in [0.3, 0.4) is 0 Å². The van der Waals surface area contributed by atoms with Crippen LogP contribution in [0.4, 0.5) is 0 Å². The van der Waals surface area contributed by atoms with Gasteiger partial charge < -0.3 is 10.0 Å². The number of aromatic nitrogens is 2. The molecule has 1 saturated heterocycles. The van der Waals surface area contributed by atoms with Crippen LogP contribution < -0.4 is 0 Å². The molecule has 1 aromatic heterocycles. The molecule has 0 spiro atoms. The van der Waals surface area contributed by atoms with Gasteiger partial charge in [0.25, 0.3) is 5.91 Å². The van der Waals surface area contributed by atoms with Crippen LogP contribution in [-0.2, 0) is 0 Å². The molecule has 110 valence electrons. The van der Waals surface area contributed by atoms with E-state index in [0.717, 1.165) is 36.5 Å². The quantitative estimate of drug-likeness (QED) is 0.941. The van der Waals surface area contributed by atoms with E-state index in [4.69, 9.17) is 0 Å². The minimum absolute atomic E-state index is 0.0206. The molecule has 2 atom stereocenters. The average molecular weight is 303 g/mol. The number of hydrogen-bond donors (Lipinski definition) is 1. The number of hydrogen-bond acceptors (Lipinski definition) is 5. The van der Waals surface area contributed by atoms with E-state index in [2.05, 4.69) is 9.59 Å². The Morgan fingerprint density at radius 2 is 2.24 bits per heavy atom. The van der Waals surface area contributed by atoms with Gasteiger partial charge in [0.1, 0.15) is 4.88 Å². The first-order valence-corrected chi connectivity index (χ1v) is 7.84. The van der Waals surface area contributed by atoms with E-state index in [1.165, 1.54) is 6.20 Å². The summed E-state index contributed by atoms with van der Waals surface area (Å²) in [6, 6.07) is 9.67. The molecule has 2 aromatic rings. The molecule has 0 bridgehead atoms. The Labute approximate surface area is 127 Å². The third-order valence-electron chi connectivity index (χ3n) is 3.89. The maximum absolute atomic E-state index is 12.4. The second kappa shape index (κ2) is 6.32. The summed E-state index contributed by atoms with van der Waals surface area (Å²) < 4.78 is 3.74. The third kappa shape index (κ3) is 3.11. The molecule has 5 nitrogen and oxygen atoms in total.